The molecule has 0 fully saturated rings. The van der Waals surface area contributed by atoms with Gasteiger partial charge in [-0.2, -0.15) is 0 Å². The maximum atomic E-state index is 13.5. The van der Waals surface area contributed by atoms with Gasteiger partial charge in [0.25, 0.3) is 11.8 Å². The fraction of sp³-hybridized carbons (Fsp3) is 0.143. The molecule has 0 radical (unpaired) electrons. The molecule has 0 atom stereocenters. The fourth-order valence-corrected chi connectivity index (χ4v) is 5.39. The first kappa shape index (κ1) is 23.1. The summed E-state index contributed by atoms with van der Waals surface area (Å²) in [5.41, 5.74) is 3.79. The lowest BCUT2D eigenvalue weighted by Crippen LogP contribution is -2.31. The summed E-state index contributed by atoms with van der Waals surface area (Å²) in [4.78, 5) is 30.2. The molecule has 1 aliphatic heterocycles. The van der Waals surface area contributed by atoms with Crippen LogP contribution in [0.5, 0.6) is 0 Å². The Labute approximate surface area is 213 Å². The van der Waals surface area contributed by atoms with Crippen LogP contribution in [0, 0.1) is 0 Å². The van der Waals surface area contributed by atoms with Gasteiger partial charge in [-0.1, -0.05) is 54.1 Å². The first-order chi connectivity index (χ1) is 17.1. The van der Waals surface area contributed by atoms with Crippen molar-refractivity contribution in [1.29, 1.82) is 0 Å². The van der Waals surface area contributed by atoms with Gasteiger partial charge in [0, 0.05) is 30.9 Å². The summed E-state index contributed by atoms with van der Waals surface area (Å²) in [6.45, 7) is 2.36. The van der Waals surface area contributed by atoms with Gasteiger partial charge in [0.1, 0.15) is 5.00 Å². The number of hydrogen-bond acceptors (Lipinski definition) is 4. The Bertz CT molecular complexity index is 1340. The molecular weight excluding hydrogens is 478 g/mol. The molecule has 7 heteroatoms. The predicted octanol–water partition coefficient (Wildman–Crippen LogP) is 6.71. The largest absolute Gasteiger partial charge is 0.357 e. The Hall–Kier alpha value is -3.61. The van der Waals surface area contributed by atoms with Crippen LogP contribution in [0.1, 0.15) is 32.7 Å². The standard InChI is InChI=1S/C28H24ClN3O2S/c29-24-10-5-4-9-23(24)26(33)30-22-13-11-21(12-14-22)27(34)32-17-6-16-31(28-25(32)15-18-35-28)19-20-7-2-1-3-8-20/h1-5,7-15,18H,6,16-17,19H2,(H,30,33). The molecule has 0 aliphatic carbocycles. The second kappa shape index (κ2) is 10.3. The predicted molar refractivity (Wildman–Crippen MR) is 144 cm³/mol. The van der Waals surface area contributed by atoms with E-state index in [0.29, 0.717) is 28.4 Å². The highest BCUT2D eigenvalue weighted by atomic mass is 35.5. The average Bonchev–Trinajstić information content (AvgIpc) is 3.30. The van der Waals surface area contributed by atoms with E-state index in [2.05, 4.69) is 34.5 Å². The quantitative estimate of drug-likeness (QED) is 0.330. The number of benzene rings is 3. The zero-order valence-corrected chi connectivity index (χ0v) is 20.6. The zero-order valence-electron chi connectivity index (χ0n) is 19.0. The van der Waals surface area contributed by atoms with Gasteiger partial charge in [0.05, 0.1) is 16.3 Å². The number of amides is 2. The van der Waals surface area contributed by atoms with Crippen molar-refractivity contribution in [2.45, 2.75) is 13.0 Å². The smallest absolute Gasteiger partial charge is 0.258 e. The van der Waals surface area contributed by atoms with E-state index in [-0.39, 0.29) is 11.8 Å². The molecule has 2 heterocycles. The molecule has 0 unspecified atom stereocenters. The monoisotopic (exact) mass is 501 g/mol. The van der Waals surface area contributed by atoms with Crippen molar-refractivity contribution in [2.24, 2.45) is 0 Å². The van der Waals surface area contributed by atoms with Crippen molar-refractivity contribution in [1.82, 2.24) is 0 Å². The molecule has 2 amide bonds. The van der Waals surface area contributed by atoms with Crippen LogP contribution in [0.4, 0.5) is 16.4 Å². The van der Waals surface area contributed by atoms with E-state index in [4.69, 9.17) is 11.6 Å². The molecule has 176 valence electrons. The lowest BCUT2D eigenvalue weighted by molar-refractivity contribution is 0.0986. The van der Waals surface area contributed by atoms with Crippen molar-refractivity contribution < 1.29 is 9.59 Å². The molecule has 0 saturated carbocycles. The number of rotatable bonds is 5. The van der Waals surface area contributed by atoms with E-state index in [1.54, 1.807) is 59.9 Å². The first-order valence-corrected chi connectivity index (χ1v) is 12.7. The van der Waals surface area contributed by atoms with Crippen molar-refractivity contribution in [2.75, 3.05) is 28.2 Å². The van der Waals surface area contributed by atoms with E-state index < -0.39 is 0 Å². The van der Waals surface area contributed by atoms with Crippen LogP contribution < -0.4 is 15.1 Å². The lowest BCUT2D eigenvalue weighted by Gasteiger charge is -2.24. The Kier molecular flexibility index (Phi) is 6.84. The number of fused-ring (bicyclic) bond motifs is 1. The number of anilines is 3. The van der Waals surface area contributed by atoms with Gasteiger partial charge >= 0.3 is 0 Å². The lowest BCUT2D eigenvalue weighted by atomic mass is 10.1. The van der Waals surface area contributed by atoms with Gasteiger partial charge in [0.15, 0.2) is 0 Å². The van der Waals surface area contributed by atoms with E-state index in [0.717, 1.165) is 30.2 Å². The molecular formula is C28H24ClN3O2S. The van der Waals surface area contributed by atoms with Crippen LogP contribution in [-0.4, -0.2) is 24.9 Å². The highest BCUT2D eigenvalue weighted by Crippen LogP contribution is 2.39. The minimum absolute atomic E-state index is 0.0461. The van der Waals surface area contributed by atoms with E-state index in [9.17, 15) is 9.59 Å². The van der Waals surface area contributed by atoms with Crippen LogP contribution in [0.15, 0.2) is 90.3 Å². The Morgan fingerprint density at radius 2 is 1.63 bits per heavy atom. The number of halogens is 1. The molecule has 1 N–H and O–H groups in total. The van der Waals surface area contributed by atoms with Crippen molar-refractivity contribution in [3.05, 3.63) is 112 Å². The third-order valence-corrected chi connectivity index (χ3v) is 7.27. The summed E-state index contributed by atoms with van der Waals surface area (Å²) in [5, 5.41) is 6.39. The topological polar surface area (TPSA) is 52.7 Å². The molecule has 3 aromatic carbocycles. The number of nitrogens with one attached hydrogen (secondary N) is 1. The average molecular weight is 502 g/mol. The van der Waals surface area contributed by atoms with Gasteiger partial charge in [-0.15, -0.1) is 11.3 Å². The number of nitrogens with zero attached hydrogens (tertiary/aromatic N) is 2. The maximum absolute atomic E-state index is 13.5. The summed E-state index contributed by atoms with van der Waals surface area (Å²) in [7, 11) is 0. The van der Waals surface area contributed by atoms with Crippen LogP contribution in [0.25, 0.3) is 0 Å². The summed E-state index contributed by atoms with van der Waals surface area (Å²) < 4.78 is 0. The van der Waals surface area contributed by atoms with Crippen LogP contribution in [-0.2, 0) is 6.54 Å². The molecule has 35 heavy (non-hydrogen) atoms. The summed E-state index contributed by atoms with van der Waals surface area (Å²) in [6.07, 6.45) is 0.881. The Morgan fingerprint density at radius 3 is 2.40 bits per heavy atom. The molecule has 5 nitrogen and oxygen atoms in total. The fourth-order valence-electron chi connectivity index (χ4n) is 4.24. The highest BCUT2D eigenvalue weighted by Gasteiger charge is 2.27. The summed E-state index contributed by atoms with van der Waals surface area (Å²) in [6, 6.07) is 26.3. The first-order valence-electron chi connectivity index (χ1n) is 11.4. The minimum Gasteiger partial charge on any atom is -0.357 e. The van der Waals surface area contributed by atoms with Gasteiger partial charge in [-0.25, -0.2) is 0 Å². The Morgan fingerprint density at radius 1 is 0.886 bits per heavy atom. The van der Waals surface area contributed by atoms with Crippen molar-refractivity contribution >= 4 is 51.1 Å². The molecule has 1 aromatic heterocycles. The van der Waals surface area contributed by atoms with Gasteiger partial charge in [0.2, 0.25) is 0 Å². The van der Waals surface area contributed by atoms with Gasteiger partial charge in [-0.3, -0.25) is 9.59 Å². The normalized spacial score (nSPS) is 13.2. The van der Waals surface area contributed by atoms with Gasteiger partial charge in [-0.05, 0) is 59.8 Å². The highest BCUT2D eigenvalue weighted by molar-refractivity contribution is 7.15. The Balaban J connectivity index is 1.31. The van der Waals surface area contributed by atoms with E-state index >= 15 is 0 Å². The molecule has 0 saturated heterocycles. The second-order valence-corrected chi connectivity index (χ2v) is 9.64. The third kappa shape index (κ3) is 5.09. The van der Waals surface area contributed by atoms with Crippen LogP contribution >= 0.6 is 22.9 Å². The number of carbonyl (C=O) groups excluding carboxylic acids is 2. The molecule has 4 aromatic rings. The van der Waals surface area contributed by atoms with E-state index in [1.807, 2.05) is 22.4 Å². The van der Waals surface area contributed by atoms with E-state index in [1.165, 1.54) is 5.56 Å². The maximum Gasteiger partial charge on any atom is 0.258 e. The molecule has 1 aliphatic rings. The molecule has 0 bridgehead atoms. The minimum atomic E-state index is -0.288. The second-order valence-electron chi connectivity index (χ2n) is 8.34. The number of hydrogen-bond donors (Lipinski definition) is 1. The SMILES string of the molecule is O=C(Nc1ccc(C(=O)N2CCCN(Cc3ccccc3)c3sccc32)cc1)c1ccccc1Cl. The number of thiophene rings is 1. The number of carbonyl (C=O) groups is 2. The van der Waals surface area contributed by atoms with Crippen LogP contribution in [0.3, 0.4) is 0 Å². The zero-order chi connectivity index (χ0) is 24.2. The summed E-state index contributed by atoms with van der Waals surface area (Å²) >= 11 is 7.79. The van der Waals surface area contributed by atoms with Crippen LogP contribution in [0.2, 0.25) is 5.02 Å². The molecule has 5 rings (SSSR count). The van der Waals surface area contributed by atoms with Crippen molar-refractivity contribution in [3.8, 4) is 0 Å². The van der Waals surface area contributed by atoms with Crippen molar-refractivity contribution in [3.63, 3.8) is 0 Å². The third-order valence-electron chi connectivity index (χ3n) is 5.98. The summed E-state index contributed by atoms with van der Waals surface area (Å²) in [5.74, 6) is -0.334. The van der Waals surface area contributed by atoms with Gasteiger partial charge < -0.3 is 15.1 Å². The molecule has 0 spiro atoms.